The van der Waals surface area contributed by atoms with Crippen LogP contribution in [0.15, 0.2) is 30.3 Å². The monoisotopic (exact) mass is 676 g/mol. The summed E-state index contributed by atoms with van der Waals surface area (Å²) in [7, 11) is 2.09. The molecule has 2 amide bonds. The predicted octanol–water partition coefficient (Wildman–Crippen LogP) is 7.71. The van der Waals surface area contributed by atoms with Gasteiger partial charge >= 0.3 is 11.9 Å². The number of rotatable bonds is 3. The lowest BCUT2D eigenvalue weighted by Crippen LogP contribution is -2.44. The van der Waals surface area contributed by atoms with Crippen molar-refractivity contribution in [2.45, 2.75) is 157 Å². The number of amides is 2. The lowest BCUT2D eigenvalue weighted by Gasteiger charge is -2.30. The summed E-state index contributed by atoms with van der Waals surface area (Å²) in [6, 6.07) is 8.99. The number of ether oxygens (including phenoxy) is 2. The second kappa shape index (κ2) is 20.5. The minimum atomic E-state index is -0.424. The SMILES string of the molecule is CC(=O)NC(C)(C)C.CC(C)(C)NC(=O)C1CCCCC1.CC(C)(C)OC(=O)c1ccccc1.CN1CCC(C(=O)OC(C)(C)C)CC1. The van der Waals surface area contributed by atoms with Gasteiger partial charge in [-0.1, -0.05) is 37.5 Å². The fraction of sp³-hybridized carbons (Fsp3) is 0.744. The minimum Gasteiger partial charge on any atom is -0.460 e. The third kappa shape index (κ3) is 25.1. The van der Waals surface area contributed by atoms with Gasteiger partial charge in [0.2, 0.25) is 11.8 Å². The van der Waals surface area contributed by atoms with Crippen LogP contribution < -0.4 is 10.6 Å². The Balaban J connectivity index is 0.000000625. The van der Waals surface area contributed by atoms with E-state index in [1.165, 1.54) is 26.2 Å². The molecule has 0 aromatic heterocycles. The summed E-state index contributed by atoms with van der Waals surface area (Å²) in [4.78, 5) is 47.4. The molecule has 0 unspecified atom stereocenters. The van der Waals surface area contributed by atoms with E-state index in [-0.39, 0.29) is 52.3 Å². The number of nitrogens with zero attached hydrogens (tertiary/aromatic N) is 1. The molecule has 1 aromatic rings. The van der Waals surface area contributed by atoms with Gasteiger partial charge < -0.3 is 25.0 Å². The zero-order valence-electron chi connectivity index (χ0n) is 32.8. The van der Waals surface area contributed by atoms with E-state index in [9.17, 15) is 19.2 Å². The molecule has 2 aliphatic rings. The number of benzene rings is 1. The molecule has 1 aromatic carbocycles. The first kappa shape index (κ1) is 45.1. The molecular weight excluding hydrogens is 606 g/mol. The Bertz CT molecular complexity index is 1090. The van der Waals surface area contributed by atoms with Crippen LogP contribution >= 0.6 is 0 Å². The highest BCUT2D eigenvalue weighted by molar-refractivity contribution is 5.89. The molecule has 1 aliphatic heterocycles. The molecule has 276 valence electrons. The normalized spacial score (nSPS) is 16.3. The summed E-state index contributed by atoms with van der Waals surface area (Å²) in [6.45, 7) is 26.8. The number of piperidine rings is 1. The molecule has 0 bridgehead atoms. The minimum absolute atomic E-state index is 0.0226. The number of hydrogen-bond donors (Lipinski definition) is 2. The van der Waals surface area contributed by atoms with Crippen LogP contribution in [-0.2, 0) is 23.9 Å². The van der Waals surface area contributed by atoms with Gasteiger partial charge in [-0.25, -0.2) is 4.79 Å². The van der Waals surface area contributed by atoms with E-state index in [0.29, 0.717) is 5.56 Å². The zero-order chi connectivity index (χ0) is 37.3. The summed E-state index contributed by atoms with van der Waals surface area (Å²) in [5.41, 5.74) is -0.328. The predicted molar refractivity (Wildman–Crippen MR) is 196 cm³/mol. The number of nitrogens with one attached hydrogen (secondary N) is 2. The van der Waals surface area contributed by atoms with Crippen molar-refractivity contribution in [3.8, 4) is 0 Å². The Morgan fingerprint density at radius 2 is 1.10 bits per heavy atom. The number of carbonyl (C=O) groups excluding carboxylic acids is 4. The maximum Gasteiger partial charge on any atom is 0.338 e. The van der Waals surface area contributed by atoms with E-state index < -0.39 is 5.60 Å². The molecule has 1 saturated heterocycles. The Kier molecular flexibility index (Phi) is 19.3. The highest BCUT2D eigenvalue weighted by Crippen LogP contribution is 2.24. The van der Waals surface area contributed by atoms with Crippen molar-refractivity contribution in [2.75, 3.05) is 20.1 Å². The second-order valence-electron chi connectivity index (χ2n) is 17.0. The van der Waals surface area contributed by atoms with Crippen LogP contribution in [0, 0.1) is 11.8 Å². The van der Waals surface area contributed by atoms with E-state index >= 15 is 0 Å². The van der Waals surface area contributed by atoms with Crippen LogP contribution in [-0.4, -0.2) is 71.1 Å². The van der Waals surface area contributed by atoms with Gasteiger partial charge in [-0.3, -0.25) is 14.4 Å². The summed E-state index contributed by atoms with van der Waals surface area (Å²) < 4.78 is 10.5. The van der Waals surface area contributed by atoms with Crippen LogP contribution in [0.1, 0.15) is 145 Å². The van der Waals surface area contributed by atoms with Crippen LogP contribution in [0.3, 0.4) is 0 Å². The third-order valence-corrected chi connectivity index (χ3v) is 6.89. The van der Waals surface area contributed by atoms with Crippen molar-refractivity contribution in [3.05, 3.63) is 35.9 Å². The Hall–Kier alpha value is -2.94. The molecule has 3 rings (SSSR count). The van der Waals surface area contributed by atoms with Crippen LogP contribution in [0.4, 0.5) is 0 Å². The van der Waals surface area contributed by atoms with Gasteiger partial charge in [0.1, 0.15) is 11.2 Å². The first-order valence-electron chi connectivity index (χ1n) is 17.6. The van der Waals surface area contributed by atoms with Crippen LogP contribution in [0.5, 0.6) is 0 Å². The fourth-order valence-corrected chi connectivity index (χ4v) is 4.91. The molecular formula is C39H69N3O6. The van der Waals surface area contributed by atoms with Gasteiger partial charge in [-0.15, -0.1) is 0 Å². The van der Waals surface area contributed by atoms with Crippen molar-refractivity contribution in [1.82, 2.24) is 15.5 Å². The maximum absolute atomic E-state index is 11.7. The van der Waals surface area contributed by atoms with Crippen molar-refractivity contribution in [2.24, 2.45) is 11.8 Å². The van der Waals surface area contributed by atoms with E-state index in [4.69, 9.17) is 9.47 Å². The number of likely N-dealkylation sites (tertiary alicyclic amines) is 1. The van der Waals surface area contributed by atoms with Gasteiger partial charge in [0.25, 0.3) is 0 Å². The summed E-state index contributed by atoms with van der Waals surface area (Å²) in [5, 5.41) is 5.79. The molecule has 2 N–H and O–H groups in total. The molecule has 2 fully saturated rings. The highest BCUT2D eigenvalue weighted by Gasteiger charge is 2.28. The third-order valence-electron chi connectivity index (χ3n) is 6.89. The van der Waals surface area contributed by atoms with Crippen molar-refractivity contribution in [3.63, 3.8) is 0 Å². The Morgan fingerprint density at radius 1 is 0.646 bits per heavy atom. The van der Waals surface area contributed by atoms with Crippen molar-refractivity contribution in [1.29, 1.82) is 0 Å². The summed E-state index contributed by atoms with van der Waals surface area (Å²) in [5.74, 6) is 0.391. The van der Waals surface area contributed by atoms with Crippen molar-refractivity contribution < 1.29 is 28.7 Å². The van der Waals surface area contributed by atoms with Gasteiger partial charge in [-0.05, 0) is 141 Å². The second-order valence-corrected chi connectivity index (χ2v) is 17.0. The molecule has 1 saturated carbocycles. The van der Waals surface area contributed by atoms with Gasteiger partial charge in [0.05, 0.1) is 11.5 Å². The number of hydrogen-bond acceptors (Lipinski definition) is 7. The quantitative estimate of drug-likeness (QED) is 0.316. The molecule has 1 heterocycles. The zero-order valence-corrected chi connectivity index (χ0v) is 32.8. The molecule has 9 heteroatoms. The van der Waals surface area contributed by atoms with Gasteiger partial charge in [0.15, 0.2) is 0 Å². The van der Waals surface area contributed by atoms with E-state index in [2.05, 4.69) is 22.6 Å². The fourth-order valence-electron chi connectivity index (χ4n) is 4.91. The average Bonchev–Trinajstić information content (AvgIpc) is 2.91. The van der Waals surface area contributed by atoms with Gasteiger partial charge in [-0.2, -0.15) is 0 Å². The summed E-state index contributed by atoms with van der Waals surface area (Å²) >= 11 is 0. The molecule has 48 heavy (non-hydrogen) atoms. The molecule has 9 nitrogen and oxygen atoms in total. The first-order valence-corrected chi connectivity index (χ1v) is 17.6. The Labute approximate surface area is 292 Å². The lowest BCUT2D eigenvalue weighted by molar-refractivity contribution is -0.161. The van der Waals surface area contributed by atoms with Gasteiger partial charge in [0, 0.05) is 23.9 Å². The summed E-state index contributed by atoms with van der Waals surface area (Å²) in [6.07, 6.45) is 7.80. The topological polar surface area (TPSA) is 114 Å². The smallest absolute Gasteiger partial charge is 0.338 e. The molecule has 0 spiro atoms. The largest absolute Gasteiger partial charge is 0.460 e. The molecule has 0 atom stereocenters. The highest BCUT2D eigenvalue weighted by atomic mass is 16.6. The number of carbonyl (C=O) groups is 4. The lowest BCUT2D eigenvalue weighted by atomic mass is 9.88. The van der Waals surface area contributed by atoms with E-state index in [0.717, 1.165) is 38.8 Å². The van der Waals surface area contributed by atoms with Crippen LogP contribution in [0.2, 0.25) is 0 Å². The Morgan fingerprint density at radius 3 is 1.48 bits per heavy atom. The molecule has 0 radical (unpaired) electrons. The number of esters is 2. The first-order chi connectivity index (χ1) is 21.8. The van der Waals surface area contributed by atoms with E-state index in [1.54, 1.807) is 12.1 Å². The average molecular weight is 676 g/mol. The van der Waals surface area contributed by atoms with E-state index in [1.807, 2.05) is 101 Å². The maximum atomic E-state index is 11.7. The molecule has 1 aliphatic carbocycles. The van der Waals surface area contributed by atoms with Crippen LogP contribution in [0.25, 0.3) is 0 Å². The van der Waals surface area contributed by atoms with Crippen molar-refractivity contribution >= 4 is 23.8 Å². The standard InChI is InChI=1S/C11H21NO2.C11H21NO.C11H14O2.C6H13NO/c1-11(2,3)14-10(13)9-5-7-12(4)8-6-9;1-11(2,3)12-10(13)9-7-5-4-6-8-9;1-11(2,3)13-10(12)9-7-5-4-6-8-9;1-5(8)7-6(2,3)4/h9H,5-8H2,1-4H3;9H,4-8H2,1-3H3,(H,12,13);4-8H,1-3H3;1-4H3,(H,7,8).